The first-order valence-electron chi connectivity index (χ1n) is 8.63. The molecule has 4 nitrogen and oxygen atoms in total. The minimum Gasteiger partial charge on any atom is -0.342 e. The van der Waals surface area contributed by atoms with Crippen molar-refractivity contribution in [3.05, 3.63) is 58.0 Å². The third kappa shape index (κ3) is 4.21. The lowest BCUT2D eigenvalue weighted by Gasteiger charge is -2.32. The van der Waals surface area contributed by atoms with Gasteiger partial charge in [-0.25, -0.2) is 4.98 Å². The Kier molecular flexibility index (Phi) is 5.11. The normalized spacial score (nSPS) is 15.8. The highest BCUT2D eigenvalue weighted by atomic mass is 16.1. The molecule has 3 rings (SSSR count). The number of benzene rings is 1. The van der Waals surface area contributed by atoms with Crippen LogP contribution in [0.15, 0.2) is 41.2 Å². The van der Waals surface area contributed by atoms with Gasteiger partial charge in [0.15, 0.2) is 0 Å². The molecular formula is C19H25N3O. The number of rotatable bonds is 5. The van der Waals surface area contributed by atoms with Crippen LogP contribution in [-0.4, -0.2) is 23.1 Å². The van der Waals surface area contributed by atoms with Gasteiger partial charge in [-0.1, -0.05) is 43.7 Å². The molecule has 122 valence electrons. The lowest BCUT2D eigenvalue weighted by molar-refractivity contribution is 0.400. The number of anilines is 1. The molecule has 1 N–H and O–H groups in total. The zero-order valence-electron chi connectivity index (χ0n) is 13.8. The predicted molar refractivity (Wildman–Crippen MR) is 93.9 cm³/mol. The molecule has 1 aromatic carbocycles. The smallest absolute Gasteiger partial charge is 0.252 e. The van der Waals surface area contributed by atoms with Crippen molar-refractivity contribution >= 4 is 5.95 Å². The van der Waals surface area contributed by atoms with Crippen LogP contribution in [-0.2, 0) is 12.8 Å². The quantitative estimate of drug-likeness (QED) is 0.922. The Morgan fingerprint density at radius 3 is 2.65 bits per heavy atom. The van der Waals surface area contributed by atoms with Crippen molar-refractivity contribution in [1.82, 2.24) is 9.97 Å². The molecule has 0 saturated carbocycles. The number of H-pyrrole nitrogens is 1. The van der Waals surface area contributed by atoms with E-state index in [0.29, 0.717) is 0 Å². The second-order valence-corrected chi connectivity index (χ2v) is 6.43. The Morgan fingerprint density at radius 1 is 1.22 bits per heavy atom. The van der Waals surface area contributed by atoms with E-state index in [1.165, 1.54) is 5.56 Å². The van der Waals surface area contributed by atoms with E-state index in [-0.39, 0.29) is 5.56 Å². The highest BCUT2D eigenvalue weighted by Gasteiger charge is 2.21. The Hall–Kier alpha value is -2.10. The number of aryl methyl sites for hydroxylation is 1. The van der Waals surface area contributed by atoms with Crippen molar-refractivity contribution in [1.29, 1.82) is 0 Å². The van der Waals surface area contributed by atoms with Crippen LogP contribution in [0, 0.1) is 5.92 Å². The monoisotopic (exact) mass is 311 g/mol. The van der Waals surface area contributed by atoms with Gasteiger partial charge in [-0.05, 0) is 37.2 Å². The first-order chi connectivity index (χ1) is 11.2. The van der Waals surface area contributed by atoms with Crippen molar-refractivity contribution in [3.8, 4) is 0 Å². The molecule has 23 heavy (non-hydrogen) atoms. The number of nitrogens with one attached hydrogen (secondary N) is 1. The van der Waals surface area contributed by atoms with E-state index in [1.54, 1.807) is 6.07 Å². The summed E-state index contributed by atoms with van der Waals surface area (Å²) >= 11 is 0. The van der Waals surface area contributed by atoms with Gasteiger partial charge in [0.2, 0.25) is 5.95 Å². The van der Waals surface area contributed by atoms with Crippen LogP contribution >= 0.6 is 0 Å². The molecule has 2 heterocycles. The van der Waals surface area contributed by atoms with E-state index in [0.717, 1.165) is 62.8 Å². The summed E-state index contributed by atoms with van der Waals surface area (Å²) in [5.74, 6) is 1.47. The van der Waals surface area contributed by atoms with Gasteiger partial charge in [-0.3, -0.25) is 9.78 Å². The molecule has 2 aromatic rings. The molecule has 1 fully saturated rings. The molecule has 0 atom stereocenters. The molecule has 1 aromatic heterocycles. The van der Waals surface area contributed by atoms with Gasteiger partial charge in [0.1, 0.15) is 0 Å². The number of aromatic nitrogens is 2. The van der Waals surface area contributed by atoms with Crippen LogP contribution in [0.4, 0.5) is 5.95 Å². The maximum Gasteiger partial charge on any atom is 0.252 e. The summed E-state index contributed by atoms with van der Waals surface area (Å²) in [4.78, 5) is 21.6. The van der Waals surface area contributed by atoms with E-state index in [9.17, 15) is 4.79 Å². The Morgan fingerprint density at radius 2 is 1.96 bits per heavy atom. The van der Waals surface area contributed by atoms with Crippen LogP contribution in [0.1, 0.15) is 37.4 Å². The largest absolute Gasteiger partial charge is 0.342 e. The standard InChI is InChI=1S/C19H25N3O/c1-2-6-17-14-18(23)21-19(20-17)22-11-9-16(10-12-22)13-15-7-4-3-5-8-15/h3-5,7-8,14,16H,2,6,9-13H2,1H3,(H,20,21,23). The van der Waals surface area contributed by atoms with E-state index in [2.05, 4.69) is 52.1 Å². The highest BCUT2D eigenvalue weighted by molar-refractivity contribution is 5.31. The average Bonchev–Trinajstić information content (AvgIpc) is 2.56. The molecule has 0 radical (unpaired) electrons. The van der Waals surface area contributed by atoms with Crippen molar-refractivity contribution in [2.45, 2.75) is 39.0 Å². The first kappa shape index (κ1) is 15.8. The van der Waals surface area contributed by atoms with Crippen LogP contribution in [0.5, 0.6) is 0 Å². The molecule has 1 aliphatic rings. The van der Waals surface area contributed by atoms with Crippen LogP contribution in [0.25, 0.3) is 0 Å². The van der Waals surface area contributed by atoms with Crippen molar-refractivity contribution in [3.63, 3.8) is 0 Å². The Balaban J connectivity index is 1.61. The molecular weight excluding hydrogens is 286 g/mol. The van der Waals surface area contributed by atoms with Gasteiger partial charge in [-0.15, -0.1) is 0 Å². The minimum absolute atomic E-state index is 0.0372. The fraction of sp³-hybridized carbons (Fsp3) is 0.474. The number of piperidine rings is 1. The fourth-order valence-electron chi connectivity index (χ4n) is 3.32. The minimum atomic E-state index is -0.0372. The molecule has 1 saturated heterocycles. The fourth-order valence-corrected chi connectivity index (χ4v) is 3.32. The SMILES string of the molecule is CCCc1cc(=O)[nH]c(N2CCC(Cc3ccccc3)CC2)n1. The van der Waals surface area contributed by atoms with Gasteiger partial charge in [0.25, 0.3) is 5.56 Å². The molecule has 0 bridgehead atoms. The van der Waals surface area contributed by atoms with Crippen LogP contribution < -0.4 is 10.5 Å². The van der Waals surface area contributed by atoms with Gasteiger partial charge < -0.3 is 4.90 Å². The van der Waals surface area contributed by atoms with Gasteiger partial charge in [-0.2, -0.15) is 0 Å². The summed E-state index contributed by atoms with van der Waals surface area (Å²) in [7, 11) is 0. The lowest BCUT2D eigenvalue weighted by Crippen LogP contribution is -2.36. The second kappa shape index (κ2) is 7.44. The summed E-state index contributed by atoms with van der Waals surface area (Å²) in [6.45, 7) is 4.05. The predicted octanol–water partition coefficient (Wildman–Crippen LogP) is 3.18. The summed E-state index contributed by atoms with van der Waals surface area (Å²) in [5.41, 5.74) is 2.28. The maximum atomic E-state index is 11.8. The third-order valence-corrected chi connectivity index (χ3v) is 4.57. The first-order valence-corrected chi connectivity index (χ1v) is 8.63. The van der Waals surface area contributed by atoms with E-state index in [1.807, 2.05) is 0 Å². The zero-order valence-corrected chi connectivity index (χ0v) is 13.8. The van der Waals surface area contributed by atoms with Gasteiger partial charge in [0, 0.05) is 24.8 Å². The Bertz CT molecular complexity index is 673. The highest BCUT2D eigenvalue weighted by Crippen LogP contribution is 2.23. The summed E-state index contributed by atoms with van der Waals surface area (Å²) in [6.07, 6.45) is 5.32. The molecule has 1 aliphatic heterocycles. The van der Waals surface area contributed by atoms with Crippen LogP contribution in [0.2, 0.25) is 0 Å². The van der Waals surface area contributed by atoms with E-state index < -0.39 is 0 Å². The zero-order chi connectivity index (χ0) is 16.1. The van der Waals surface area contributed by atoms with Gasteiger partial charge >= 0.3 is 0 Å². The van der Waals surface area contributed by atoms with Crippen molar-refractivity contribution in [2.24, 2.45) is 5.92 Å². The number of aromatic amines is 1. The molecule has 0 spiro atoms. The Labute approximate surface area is 137 Å². The molecule has 0 aliphatic carbocycles. The summed E-state index contributed by atoms with van der Waals surface area (Å²) in [6, 6.07) is 12.3. The van der Waals surface area contributed by atoms with E-state index in [4.69, 9.17) is 0 Å². The van der Waals surface area contributed by atoms with Crippen LogP contribution in [0.3, 0.4) is 0 Å². The molecule has 0 amide bonds. The molecule has 0 unspecified atom stereocenters. The van der Waals surface area contributed by atoms with E-state index >= 15 is 0 Å². The average molecular weight is 311 g/mol. The molecule has 4 heteroatoms. The van der Waals surface area contributed by atoms with Gasteiger partial charge in [0.05, 0.1) is 0 Å². The lowest BCUT2D eigenvalue weighted by atomic mass is 9.90. The van der Waals surface area contributed by atoms with Crippen molar-refractivity contribution < 1.29 is 0 Å². The number of hydrogen-bond donors (Lipinski definition) is 1. The summed E-state index contributed by atoms with van der Waals surface area (Å²) < 4.78 is 0. The maximum absolute atomic E-state index is 11.8. The number of nitrogens with zero attached hydrogens (tertiary/aromatic N) is 2. The third-order valence-electron chi connectivity index (χ3n) is 4.57. The second-order valence-electron chi connectivity index (χ2n) is 6.43. The summed E-state index contributed by atoms with van der Waals surface area (Å²) in [5, 5.41) is 0. The van der Waals surface area contributed by atoms with Crippen molar-refractivity contribution in [2.75, 3.05) is 18.0 Å². The topological polar surface area (TPSA) is 49.0 Å². The number of hydrogen-bond acceptors (Lipinski definition) is 3.